The van der Waals surface area contributed by atoms with Crippen molar-refractivity contribution in [3.8, 4) is 0 Å². The number of nitrogens with one attached hydrogen (secondary N) is 1. The van der Waals surface area contributed by atoms with Crippen LogP contribution >= 0.6 is 0 Å². The van der Waals surface area contributed by atoms with Gasteiger partial charge in [0.1, 0.15) is 11.5 Å². The number of hydrogen-bond donors (Lipinski definition) is 1. The van der Waals surface area contributed by atoms with E-state index in [1.54, 1.807) is 0 Å². The van der Waals surface area contributed by atoms with Gasteiger partial charge in [-0.2, -0.15) is 0 Å². The van der Waals surface area contributed by atoms with Gasteiger partial charge in [0, 0.05) is 30.7 Å². The van der Waals surface area contributed by atoms with E-state index in [1.165, 1.54) is 31.4 Å². The van der Waals surface area contributed by atoms with Crippen LogP contribution in [-0.4, -0.2) is 23.5 Å². The maximum absolute atomic E-state index is 6.01. The van der Waals surface area contributed by atoms with Gasteiger partial charge in [0.2, 0.25) is 0 Å². The summed E-state index contributed by atoms with van der Waals surface area (Å²) in [6, 6.07) is 3.67. The van der Waals surface area contributed by atoms with Crippen molar-refractivity contribution in [3.63, 3.8) is 0 Å². The molecule has 0 bridgehead atoms. The summed E-state index contributed by atoms with van der Waals surface area (Å²) in [7, 11) is 0. The average molecular weight is 290 g/mol. The Bertz CT molecular complexity index is 478. The highest BCUT2D eigenvalue weighted by Gasteiger charge is 2.29. The molecule has 118 valence electrons. The van der Waals surface area contributed by atoms with Gasteiger partial charge < -0.3 is 9.73 Å². The Morgan fingerprint density at radius 2 is 2.05 bits per heavy atom. The van der Waals surface area contributed by atoms with Crippen LogP contribution < -0.4 is 5.32 Å². The van der Waals surface area contributed by atoms with Crippen molar-refractivity contribution >= 4 is 0 Å². The van der Waals surface area contributed by atoms with Gasteiger partial charge in [0.05, 0.1) is 6.54 Å². The van der Waals surface area contributed by atoms with Gasteiger partial charge in [-0.15, -0.1) is 0 Å². The molecule has 3 heteroatoms. The zero-order chi connectivity index (χ0) is 15.0. The van der Waals surface area contributed by atoms with Crippen LogP contribution in [0.5, 0.6) is 0 Å². The van der Waals surface area contributed by atoms with Gasteiger partial charge in [0.25, 0.3) is 0 Å². The smallest absolute Gasteiger partial charge is 0.118 e. The lowest BCUT2D eigenvalue weighted by Crippen LogP contribution is -2.45. The Labute approximate surface area is 129 Å². The van der Waals surface area contributed by atoms with E-state index in [4.69, 9.17) is 4.42 Å². The number of nitrogens with zero attached hydrogens (tertiary/aromatic N) is 1. The summed E-state index contributed by atoms with van der Waals surface area (Å²) < 4.78 is 6.01. The number of furan rings is 1. The van der Waals surface area contributed by atoms with Gasteiger partial charge in [-0.25, -0.2) is 0 Å². The molecule has 1 aliphatic carbocycles. The molecule has 3 nitrogen and oxygen atoms in total. The number of aryl methyl sites for hydroxylation is 1. The highest BCUT2D eigenvalue weighted by Crippen LogP contribution is 2.29. The Morgan fingerprint density at radius 1 is 1.29 bits per heavy atom. The second-order valence-electron chi connectivity index (χ2n) is 7.44. The lowest BCUT2D eigenvalue weighted by molar-refractivity contribution is 0.0666. The zero-order valence-electron chi connectivity index (χ0n) is 14.0. The molecule has 3 rings (SSSR count). The van der Waals surface area contributed by atoms with Crippen LogP contribution in [-0.2, 0) is 13.1 Å². The van der Waals surface area contributed by atoms with Crippen LogP contribution in [0.15, 0.2) is 10.5 Å². The number of piperidine rings is 1. The molecule has 2 fully saturated rings. The Morgan fingerprint density at radius 3 is 2.76 bits per heavy atom. The summed E-state index contributed by atoms with van der Waals surface area (Å²) in [6.07, 6.45) is 4.03. The maximum Gasteiger partial charge on any atom is 0.118 e. The second kappa shape index (κ2) is 6.13. The van der Waals surface area contributed by atoms with Crippen LogP contribution in [0.4, 0.5) is 0 Å². The summed E-state index contributed by atoms with van der Waals surface area (Å²) in [4.78, 5) is 2.59. The van der Waals surface area contributed by atoms with Crippen molar-refractivity contribution in [2.45, 2.75) is 72.1 Å². The molecule has 3 unspecified atom stereocenters. The lowest BCUT2D eigenvalue weighted by atomic mass is 9.86. The molecule has 1 aliphatic heterocycles. The van der Waals surface area contributed by atoms with Gasteiger partial charge in [-0.3, -0.25) is 4.90 Å². The predicted octanol–water partition coefficient (Wildman–Crippen LogP) is 3.71. The summed E-state index contributed by atoms with van der Waals surface area (Å²) in [5.74, 6) is 3.79. The standard InChI is InChI=1S/C18H30N2O/c1-12-7-13(2)14(3)20(10-12)11-18-8-16(15(4)21-18)9-19-17-5-6-17/h8,12-14,17,19H,5-7,9-11H2,1-4H3. The van der Waals surface area contributed by atoms with E-state index < -0.39 is 0 Å². The lowest BCUT2D eigenvalue weighted by Gasteiger charge is -2.40. The average Bonchev–Trinajstić information content (AvgIpc) is 3.18. The Hall–Kier alpha value is -0.800. The van der Waals surface area contributed by atoms with E-state index in [9.17, 15) is 0 Å². The molecule has 2 heterocycles. The summed E-state index contributed by atoms with van der Waals surface area (Å²) in [5.41, 5.74) is 1.34. The molecule has 1 aromatic rings. The number of rotatable bonds is 5. The SMILES string of the molecule is Cc1oc(CN2CC(C)CC(C)C2C)cc1CNC1CC1. The first-order valence-corrected chi connectivity index (χ1v) is 8.58. The Balaban J connectivity index is 1.62. The molecule has 0 aromatic carbocycles. The van der Waals surface area contributed by atoms with Gasteiger partial charge in [-0.05, 0) is 51.0 Å². The monoisotopic (exact) mass is 290 g/mol. The Kier molecular flexibility index (Phi) is 4.41. The molecule has 2 aliphatic rings. The number of hydrogen-bond acceptors (Lipinski definition) is 3. The topological polar surface area (TPSA) is 28.4 Å². The van der Waals surface area contributed by atoms with Crippen molar-refractivity contribution in [2.75, 3.05) is 6.54 Å². The van der Waals surface area contributed by atoms with Gasteiger partial charge in [0.15, 0.2) is 0 Å². The molecular weight excluding hydrogens is 260 g/mol. The van der Waals surface area contributed by atoms with E-state index in [-0.39, 0.29) is 0 Å². The van der Waals surface area contributed by atoms with Crippen LogP contribution in [0.2, 0.25) is 0 Å². The van der Waals surface area contributed by atoms with E-state index in [0.717, 1.165) is 42.5 Å². The van der Waals surface area contributed by atoms with Crippen molar-refractivity contribution in [1.82, 2.24) is 10.2 Å². The summed E-state index contributed by atoms with van der Waals surface area (Å²) in [6.45, 7) is 12.3. The third-order valence-electron chi connectivity index (χ3n) is 5.31. The minimum atomic E-state index is 0.652. The summed E-state index contributed by atoms with van der Waals surface area (Å²) in [5, 5.41) is 3.58. The van der Waals surface area contributed by atoms with Gasteiger partial charge in [-0.1, -0.05) is 13.8 Å². The minimum Gasteiger partial charge on any atom is -0.465 e. The fourth-order valence-electron chi connectivity index (χ4n) is 3.62. The van der Waals surface area contributed by atoms with Crippen molar-refractivity contribution < 1.29 is 4.42 Å². The third kappa shape index (κ3) is 3.70. The second-order valence-corrected chi connectivity index (χ2v) is 7.44. The third-order valence-corrected chi connectivity index (χ3v) is 5.31. The molecule has 0 radical (unpaired) electrons. The first-order chi connectivity index (χ1) is 10.0. The molecule has 1 aromatic heterocycles. The molecule has 21 heavy (non-hydrogen) atoms. The fourth-order valence-corrected chi connectivity index (χ4v) is 3.62. The van der Waals surface area contributed by atoms with Crippen LogP contribution in [0.3, 0.4) is 0 Å². The van der Waals surface area contributed by atoms with Crippen LogP contribution in [0.25, 0.3) is 0 Å². The summed E-state index contributed by atoms with van der Waals surface area (Å²) >= 11 is 0. The highest BCUT2D eigenvalue weighted by atomic mass is 16.3. The molecule has 1 N–H and O–H groups in total. The normalized spacial score (nSPS) is 30.8. The fraction of sp³-hybridized carbons (Fsp3) is 0.778. The molecule has 0 amide bonds. The minimum absolute atomic E-state index is 0.652. The first kappa shape index (κ1) is 15.1. The van der Waals surface area contributed by atoms with E-state index in [2.05, 4.69) is 44.0 Å². The first-order valence-electron chi connectivity index (χ1n) is 8.58. The van der Waals surface area contributed by atoms with E-state index in [0.29, 0.717) is 6.04 Å². The van der Waals surface area contributed by atoms with Crippen LogP contribution in [0.1, 0.15) is 57.1 Å². The van der Waals surface area contributed by atoms with Crippen molar-refractivity contribution in [3.05, 3.63) is 23.2 Å². The molecular formula is C18H30N2O. The molecule has 1 saturated carbocycles. The molecule has 3 atom stereocenters. The molecule has 0 spiro atoms. The number of likely N-dealkylation sites (tertiary alicyclic amines) is 1. The highest BCUT2D eigenvalue weighted by molar-refractivity contribution is 5.21. The quantitative estimate of drug-likeness (QED) is 0.896. The van der Waals surface area contributed by atoms with Crippen molar-refractivity contribution in [1.29, 1.82) is 0 Å². The van der Waals surface area contributed by atoms with E-state index in [1.807, 2.05) is 0 Å². The van der Waals surface area contributed by atoms with E-state index >= 15 is 0 Å². The van der Waals surface area contributed by atoms with Gasteiger partial charge >= 0.3 is 0 Å². The van der Waals surface area contributed by atoms with Crippen molar-refractivity contribution in [2.24, 2.45) is 11.8 Å². The predicted molar refractivity (Wildman–Crippen MR) is 86.1 cm³/mol. The maximum atomic E-state index is 6.01. The van der Waals surface area contributed by atoms with Crippen LogP contribution in [0, 0.1) is 18.8 Å². The molecule has 1 saturated heterocycles. The zero-order valence-corrected chi connectivity index (χ0v) is 14.0. The largest absolute Gasteiger partial charge is 0.465 e.